The van der Waals surface area contributed by atoms with Crippen LogP contribution >= 0.6 is 0 Å². The number of amides is 1. The summed E-state index contributed by atoms with van der Waals surface area (Å²) in [5.74, 6) is 0.159. The van der Waals surface area contributed by atoms with Crippen LogP contribution < -0.4 is 0 Å². The number of aliphatic hydroxyl groups is 1. The van der Waals surface area contributed by atoms with Crippen LogP contribution in [0.15, 0.2) is 0 Å². The Kier molecular flexibility index (Phi) is 8.18. The Balaban J connectivity index is 2.88. The molecule has 6 nitrogen and oxygen atoms in total. The van der Waals surface area contributed by atoms with Gasteiger partial charge < -0.3 is 19.0 Å². The van der Waals surface area contributed by atoms with Crippen LogP contribution in [0.2, 0.25) is 18.1 Å². The van der Waals surface area contributed by atoms with Crippen LogP contribution in [0.1, 0.15) is 68.2 Å². The molecule has 0 aromatic rings. The molecule has 28 heavy (non-hydrogen) atoms. The van der Waals surface area contributed by atoms with Crippen molar-refractivity contribution in [3.8, 4) is 0 Å². The summed E-state index contributed by atoms with van der Waals surface area (Å²) >= 11 is 0. The molecule has 1 fully saturated rings. The third-order valence-corrected chi connectivity index (χ3v) is 10.3. The molecule has 0 radical (unpaired) electrons. The van der Waals surface area contributed by atoms with Gasteiger partial charge in [0, 0.05) is 13.2 Å². The van der Waals surface area contributed by atoms with Gasteiger partial charge >= 0.3 is 6.09 Å². The second-order valence-corrected chi connectivity index (χ2v) is 15.8. The van der Waals surface area contributed by atoms with Gasteiger partial charge in [0.25, 0.3) is 0 Å². The molecule has 166 valence electrons. The topological polar surface area (TPSA) is 68.2 Å². The van der Waals surface area contributed by atoms with Gasteiger partial charge in [0.1, 0.15) is 11.3 Å². The van der Waals surface area contributed by atoms with E-state index in [1.54, 1.807) is 4.90 Å². The van der Waals surface area contributed by atoms with E-state index < -0.39 is 19.6 Å². The molecule has 1 rings (SSSR count). The Morgan fingerprint density at radius 3 is 2.29 bits per heavy atom. The average molecular weight is 418 g/mol. The van der Waals surface area contributed by atoms with E-state index in [0.717, 1.165) is 6.42 Å². The predicted molar refractivity (Wildman–Crippen MR) is 115 cm³/mol. The molecular formula is C21H43NO5Si. The Labute approximate surface area is 173 Å². The Bertz CT molecular complexity index is 522. The zero-order valence-electron chi connectivity index (χ0n) is 19.7. The van der Waals surface area contributed by atoms with Crippen LogP contribution in [0, 0.1) is 5.92 Å². The van der Waals surface area contributed by atoms with Crippen molar-refractivity contribution in [3.05, 3.63) is 0 Å². The molecule has 0 saturated carbocycles. The molecule has 1 aliphatic heterocycles. The van der Waals surface area contributed by atoms with Crippen molar-refractivity contribution in [1.29, 1.82) is 0 Å². The maximum absolute atomic E-state index is 12.8. The Morgan fingerprint density at radius 1 is 1.25 bits per heavy atom. The highest BCUT2D eigenvalue weighted by Gasteiger charge is 2.46. The van der Waals surface area contributed by atoms with Gasteiger partial charge in [-0.25, -0.2) is 4.79 Å². The maximum Gasteiger partial charge on any atom is 0.412 e. The lowest BCUT2D eigenvalue weighted by Gasteiger charge is -2.38. The lowest BCUT2D eigenvalue weighted by atomic mass is 9.97. The van der Waals surface area contributed by atoms with E-state index in [2.05, 4.69) is 33.9 Å². The molecule has 1 N–H and O–H groups in total. The van der Waals surface area contributed by atoms with Crippen LogP contribution in [0.25, 0.3) is 0 Å². The van der Waals surface area contributed by atoms with Gasteiger partial charge in [-0.15, -0.1) is 0 Å². The zero-order valence-corrected chi connectivity index (χ0v) is 20.7. The number of carbonyl (C=O) groups excluding carboxylic acids is 1. The molecule has 0 spiro atoms. The third-order valence-electron chi connectivity index (χ3n) is 5.79. The van der Waals surface area contributed by atoms with Crippen molar-refractivity contribution in [2.24, 2.45) is 5.92 Å². The third kappa shape index (κ3) is 7.01. The largest absolute Gasteiger partial charge is 0.444 e. The number of hydrogen-bond donors (Lipinski definition) is 1. The SMILES string of the molecule is CC(C)(C)OC(=O)N1[C@@H](CC(CCO)CO[Si](C)(C)C(C)(C)C)COC1(C)C. The molecule has 1 aliphatic rings. The summed E-state index contributed by atoms with van der Waals surface area (Å²) in [6.07, 6.45) is 1.01. The summed E-state index contributed by atoms with van der Waals surface area (Å²) in [7, 11) is -1.87. The number of hydrogen-bond acceptors (Lipinski definition) is 5. The second kappa shape index (κ2) is 9.02. The van der Waals surface area contributed by atoms with Gasteiger partial charge in [-0.3, -0.25) is 4.90 Å². The van der Waals surface area contributed by atoms with Crippen LogP contribution in [0.4, 0.5) is 4.79 Å². The number of ether oxygens (including phenoxy) is 2. The lowest BCUT2D eigenvalue weighted by molar-refractivity contribution is -0.0633. The summed E-state index contributed by atoms with van der Waals surface area (Å²) in [5, 5.41) is 9.69. The first-order valence-corrected chi connectivity index (χ1v) is 13.3. The fraction of sp³-hybridized carbons (Fsp3) is 0.952. The number of rotatable bonds is 7. The highest BCUT2D eigenvalue weighted by Crippen LogP contribution is 2.38. The summed E-state index contributed by atoms with van der Waals surface area (Å²) in [6.45, 7) is 21.7. The van der Waals surface area contributed by atoms with E-state index in [0.29, 0.717) is 19.6 Å². The van der Waals surface area contributed by atoms with Crippen molar-refractivity contribution in [2.45, 2.75) is 104 Å². The van der Waals surface area contributed by atoms with Gasteiger partial charge in [0.05, 0.1) is 12.6 Å². The van der Waals surface area contributed by atoms with Crippen LogP contribution in [0.5, 0.6) is 0 Å². The van der Waals surface area contributed by atoms with E-state index >= 15 is 0 Å². The standard InChI is InChI=1S/C21H43NO5Si/c1-19(2,3)27-18(24)22-17(15-25-21(22,7)8)13-16(11-12-23)14-26-28(9,10)20(4,5)6/h16-17,23H,11-15H2,1-10H3/t16?,17-/m0/s1. The first kappa shape index (κ1) is 25.4. The van der Waals surface area contributed by atoms with E-state index in [-0.39, 0.29) is 29.7 Å². The van der Waals surface area contributed by atoms with Crippen LogP contribution in [0.3, 0.4) is 0 Å². The summed E-state index contributed by atoms with van der Waals surface area (Å²) in [5.41, 5.74) is -1.27. The van der Waals surface area contributed by atoms with Gasteiger partial charge in [-0.1, -0.05) is 20.8 Å². The van der Waals surface area contributed by atoms with Crippen molar-refractivity contribution in [2.75, 3.05) is 19.8 Å². The van der Waals surface area contributed by atoms with E-state index in [4.69, 9.17) is 13.9 Å². The minimum Gasteiger partial charge on any atom is -0.444 e. The summed E-state index contributed by atoms with van der Waals surface area (Å²) in [4.78, 5) is 14.5. The molecule has 1 saturated heterocycles. The molecule has 2 atom stereocenters. The average Bonchev–Trinajstić information content (AvgIpc) is 2.77. The van der Waals surface area contributed by atoms with E-state index in [1.807, 2.05) is 34.6 Å². The number of aliphatic hydroxyl groups excluding tert-OH is 1. The first-order chi connectivity index (χ1) is 12.5. The molecule has 0 bridgehead atoms. The smallest absolute Gasteiger partial charge is 0.412 e. The number of carbonyl (C=O) groups is 1. The fourth-order valence-corrected chi connectivity index (χ4v) is 4.20. The normalized spacial score (nSPS) is 21.7. The molecular weight excluding hydrogens is 374 g/mol. The first-order valence-electron chi connectivity index (χ1n) is 10.4. The van der Waals surface area contributed by atoms with Crippen molar-refractivity contribution >= 4 is 14.4 Å². The fourth-order valence-electron chi connectivity index (χ4n) is 3.12. The summed E-state index contributed by atoms with van der Waals surface area (Å²) in [6, 6.07) is -0.0931. The highest BCUT2D eigenvalue weighted by atomic mass is 28.4. The van der Waals surface area contributed by atoms with Crippen molar-refractivity contribution < 1.29 is 23.8 Å². The molecule has 0 aliphatic carbocycles. The van der Waals surface area contributed by atoms with Crippen LogP contribution in [-0.2, 0) is 13.9 Å². The zero-order chi connectivity index (χ0) is 22.0. The molecule has 1 amide bonds. The van der Waals surface area contributed by atoms with E-state index in [9.17, 15) is 9.90 Å². The Hall–Kier alpha value is -0.633. The number of nitrogens with zero attached hydrogens (tertiary/aromatic N) is 1. The predicted octanol–water partition coefficient (Wildman–Crippen LogP) is 4.77. The monoisotopic (exact) mass is 417 g/mol. The van der Waals surface area contributed by atoms with Gasteiger partial charge in [-0.05, 0) is 71.5 Å². The highest BCUT2D eigenvalue weighted by molar-refractivity contribution is 6.74. The quantitative estimate of drug-likeness (QED) is 0.604. The van der Waals surface area contributed by atoms with Gasteiger partial charge in [-0.2, -0.15) is 0 Å². The molecule has 0 aromatic carbocycles. The molecule has 0 aromatic heterocycles. The second-order valence-electron chi connectivity index (χ2n) is 10.9. The van der Waals surface area contributed by atoms with Gasteiger partial charge in [0.15, 0.2) is 8.32 Å². The van der Waals surface area contributed by atoms with E-state index in [1.165, 1.54) is 0 Å². The minimum atomic E-state index is -1.87. The lowest BCUT2D eigenvalue weighted by Crippen LogP contribution is -2.50. The summed E-state index contributed by atoms with van der Waals surface area (Å²) < 4.78 is 17.9. The molecule has 1 heterocycles. The molecule has 1 unspecified atom stereocenters. The minimum absolute atomic E-state index is 0.0931. The van der Waals surface area contributed by atoms with Crippen molar-refractivity contribution in [3.63, 3.8) is 0 Å². The van der Waals surface area contributed by atoms with Crippen molar-refractivity contribution in [1.82, 2.24) is 4.90 Å². The van der Waals surface area contributed by atoms with Gasteiger partial charge in [0.2, 0.25) is 0 Å². The Morgan fingerprint density at radius 2 is 1.82 bits per heavy atom. The molecule has 7 heteroatoms. The van der Waals surface area contributed by atoms with Crippen LogP contribution in [-0.4, -0.2) is 61.6 Å². The maximum atomic E-state index is 12.8.